The lowest BCUT2D eigenvalue weighted by atomic mass is 9.90. The molecule has 1 aromatic heterocycles. The molecular formula is C29H35FN4O3. The number of benzene rings is 2. The van der Waals surface area contributed by atoms with Crippen molar-refractivity contribution in [2.45, 2.75) is 65.9 Å². The summed E-state index contributed by atoms with van der Waals surface area (Å²) in [6, 6.07) is 10.7. The van der Waals surface area contributed by atoms with Gasteiger partial charge in [-0.1, -0.05) is 24.3 Å². The monoisotopic (exact) mass is 506 g/mol. The van der Waals surface area contributed by atoms with Gasteiger partial charge in [0.05, 0.1) is 23.1 Å². The summed E-state index contributed by atoms with van der Waals surface area (Å²) in [6.07, 6.45) is 2.58. The number of hydrogen-bond donors (Lipinski definition) is 1. The van der Waals surface area contributed by atoms with Gasteiger partial charge in [0, 0.05) is 24.7 Å². The van der Waals surface area contributed by atoms with E-state index < -0.39 is 5.60 Å². The molecule has 0 atom stereocenters. The number of carbonyl (C=O) groups is 2. The van der Waals surface area contributed by atoms with Crippen molar-refractivity contribution in [1.29, 1.82) is 0 Å². The first-order chi connectivity index (χ1) is 17.4. The number of aryl methyl sites for hydroxylation is 3. The van der Waals surface area contributed by atoms with Crippen LogP contribution in [0.2, 0.25) is 0 Å². The number of aromatic nitrogens is 2. The van der Waals surface area contributed by atoms with Gasteiger partial charge in [0.25, 0.3) is 5.91 Å². The summed E-state index contributed by atoms with van der Waals surface area (Å²) in [5, 5.41) is 7.49. The van der Waals surface area contributed by atoms with Gasteiger partial charge in [-0.15, -0.1) is 0 Å². The second kappa shape index (κ2) is 10.4. The van der Waals surface area contributed by atoms with E-state index in [1.54, 1.807) is 30.2 Å². The van der Waals surface area contributed by atoms with Crippen molar-refractivity contribution in [3.8, 4) is 5.69 Å². The third kappa shape index (κ3) is 5.84. The minimum Gasteiger partial charge on any atom is -0.444 e. The van der Waals surface area contributed by atoms with E-state index in [0.717, 1.165) is 22.5 Å². The van der Waals surface area contributed by atoms with Crippen LogP contribution in [0.3, 0.4) is 0 Å². The number of rotatable bonds is 4. The van der Waals surface area contributed by atoms with Gasteiger partial charge >= 0.3 is 6.09 Å². The van der Waals surface area contributed by atoms with Gasteiger partial charge in [-0.2, -0.15) is 5.10 Å². The quantitative estimate of drug-likeness (QED) is 0.450. The van der Waals surface area contributed by atoms with Gasteiger partial charge in [-0.25, -0.2) is 13.9 Å². The molecule has 196 valence electrons. The fourth-order valence-corrected chi connectivity index (χ4v) is 4.77. The molecule has 1 N–H and O–H groups in total. The summed E-state index contributed by atoms with van der Waals surface area (Å²) in [5.41, 5.74) is 4.61. The summed E-state index contributed by atoms with van der Waals surface area (Å²) in [5.74, 6) is -0.722. The fourth-order valence-electron chi connectivity index (χ4n) is 4.77. The van der Waals surface area contributed by atoms with Gasteiger partial charge in [-0.05, 0) is 83.2 Å². The zero-order valence-corrected chi connectivity index (χ0v) is 22.4. The molecular weight excluding hydrogens is 471 g/mol. The van der Waals surface area contributed by atoms with Crippen LogP contribution >= 0.6 is 0 Å². The van der Waals surface area contributed by atoms with Crippen molar-refractivity contribution in [3.63, 3.8) is 0 Å². The second-order valence-corrected chi connectivity index (χ2v) is 10.8. The maximum atomic E-state index is 14.1. The van der Waals surface area contributed by atoms with Crippen LogP contribution in [0.5, 0.6) is 0 Å². The van der Waals surface area contributed by atoms with Crippen LogP contribution < -0.4 is 5.32 Å². The van der Waals surface area contributed by atoms with E-state index in [1.165, 1.54) is 6.07 Å². The highest BCUT2D eigenvalue weighted by atomic mass is 19.1. The molecule has 2 amide bonds. The van der Waals surface area contributed by atoms with E-state index in [0.29, 0.717) is 42.7 Å². The minimum absolute atomic E-state index is 0.00398. The van der Waals surface area contributed by atoms with Crippen LogP contribution in [-0.2, 0) is 4.74 Å². The van der Waals surface area contributed by atoms with Gasteiger partial charge < -0.3 is 15.0 Å². The molecule has 1 aliphatic rings. The maximum absolute atomic E-state index is 14.1. The van der Waals surface area contributed by atoms with E-state index in [9.17, 15) is 14.0 Å². The van der Waals surface area contributed by atoms with Crippen molar-refractivity contribution >= 4 is 17.7 Å². The molecule has 0 saturated carbocycles. The van der Waals surface area contributed by atoms with E-state index in [4.69, 9.17) is 4.74 Å². The number of nitrogens with one attached hydrogen (secondary N) is 1. The number of hydrogen-bond acceptors (Lipinski definition) is 4. The zero-order valence-electron chi connectivity index (χ0n) is 22.4. The minimum atomic E-state index is -0.560. The average Bonchev–Trinajstić information content (AvgIpc) is 3.25. The average molecular weight is 507 g/mol. The Kier molecular flexibility index (Phi) is 7.39. The molecule has 8 heteroatoms. The number of amides is 2. The zero-order chi connectivity index (χ0) is 26.9. The molecule has 0 bridgehead atoms. The molecule has 4 rings (SSSR count). The maximum Gasteiger partial charge on any atom is 0.410 e. The smallest absolute Gasteiger partial charge is 0.410 e. The van der Waals surface area contributed by atoms with Crippen molar-refractivity contribution < 1.29 is 18.7 Å². The number of para-hydroxylation sites is 1. The van der Waals surface area contributed by atoms with Gasteiger partial charge in [0.1, 0.15) is 11.4 Å². The summed E-state index contributed by atoms with van der Waals surface area (Å²) >= 11 is 0. The van der Waals surface area contributed by atoms with Crippen molar-refractivity contribution in [2.24, 2.45) is 0 Å². The molecule has 3 aromatic rings. The third-order valence-electron chi connectivity index (χ3n) is 6.67. The Morgan fingerprint density at radius 2 is 1.68 bits per heavy atom. The van der Waals surface area contributed by atoms with Crippen molar-refractivity contribution in [2.75, 3.05) is 18.4 Å². The molecule has 1 aliphatic heterocycles. The summed E-state index contributed by atoms with van der Waals surface area (Å²) in [6.45, 7) is 12.3. The van der Waals surface area contributed by atoms with E-state index >= 15 is 0 Å². The standard InChI is InChI=1S/C29H35FN4O3/c1-18-10-11-22(16-24(18)30)32-27(35)23-17-31-34(25-19(2)8-7-9-20(25)3)26(23)21-12-14-33(15-13-21)28(36)37-29(4,5)6/h7-11,16-17,21H,12-15H2,1-6H3,(H,32,35). The van der Waals surface area contributed by atoms with Crippen molar-refractivity contribution in [1.82, 2.24) is 14.7 Å². The largest absolute Gasteiger partial charge is 0.444 e. The third-order valence-corrected chi connectivity index (χ3v) is 6.67. The fraction of sp³-hybridized carbons (Fsp3) is 0.414. The highest BCUT2D eigenvalue weighted by molar-refractivity contribution is 6.05. The number of nitrogens with zero attached hydrogens (tertiary/aromatic N) is 3. The number of ether oxygens (including phenoxy) is 1. The Labute approximate surface area is 217 Å². The Balaban J connectivity index is 1.67. The number of piperidine rings is 1. The number of halogens is 1. The molecule has 2 aromatic carbocycles. The van der Waals surface area contributed by atoms with Crippen LogP contribution in [-0.4, -0.2) is 45.4 Å². The molecule has 0 radical (unpaired) electrons. The Morgan fingerprint density at radius 3 is 2.27 bits per heavy atom. The van der Waals surface area contributed by atoms with Gasteiger partial charge in [0.15, 0.2) is 0 Å². The highest BCUT2D eigenvalue weighted by Crippen LogP contribution is 2.34. The van der Waals surface area contributed by atoms with E-state index in [2.05, 4.69) is 10.4 Å². The molecule has 1 saturated heterocycles. The second-order valence-electron chi connectivity index (χ2n) is 10.8. The van der Waals surface area contributed by atoms with Gasteiger partial charge in [-0.3, -0.25) is 4.79 Å². The molecule has 0 unspecified atom stereocenters. The molecule has 37 heavy (non-hydrogen) atoms. The van der Waals surface area contributed by atoms with E-state index in [-0.39, 0.29) is 23.7 Å². The number of anilines is 1. The van der Waals surface area contributed by atoms with Crippen LogP contribution in [0.15, 0.2) is 42.6 Å². The first-order valence-electron chi connectivity index (χ1n) is 12.6. The molecule has 0 aliphatic carbocycles. The Bertz CT molecular complexity index is 1300. The SMILES string of the molecule is Cc1ccc(NC(=O)c2cnn(-c3c(C)cccc3C)c2C2CCN(C(=O)OC(C)(C)C)CC2)cc1F. The summed E-state index contributed by atoms with van der Waals surface area (Å²) in [4.78, 5) is 27.8. The molecule has 1 fully saturated rings. The Morgan fingerprint density at radius 1 is 1.03 bits per heavy atom. The molecule has 0 spiro atoms. The van der Waals surface area contributed by atoms with Crippen molar-refractivity contribution in [3.05, 3.63) is 76.4 Å². The summed E-state index contributed by atoms with van der Waals surface area (Å²) < 4.78 is 21.5. The lowest BCUT2D eigenvalue weighted by Crippen LogP contribution is -2.41. The van der Waals surface area contributed by atoms with Crippen LogP contribution in [0.4, 0.5) is 14.9 Å². The molecule has 2 heterocycles. The summed E-state index contributed by atoms with van der Waals surface area (Å²) in [7, 11) is 0. The van der Waals surface area contributed by atoms with Crippen LogP contribution in [0.25, 0.3) is 5.69 Å². The topological polar surface area (TPSA) is 76.5 Å². The predicted octanol–water partition coefficient (Wildman–Crippen LogP) is 6.30. The van der Waals surface area contributed by atoms with Crippen LogP contribution in [0.1, 0.15) is 72.3 Å². The lowest BCUT2D eigenvalue weighted by molar-refractivity contribution is 0.0203. The Hall–Kier alpha value is -3.68. The van der Waals surface area contributed by atoms with E-state index in [1.807, 2.05) is 57.5 Å². The predicted molar refractivity (Wildman–Crippen MR) is 142 cm³/mol. The first kappa shape index (κ1) is 26.4. The normalized spacial score (nSPS) is 14.5. The molecule has 7 nitrogen and oxygen atoms in total. The number of likely N-dealkylation sites (tertiary alicyclic amines) is 1. The first-order valence-corrected chi connectivity index (χ1v) is 12.6. The number of carbonyl (C=O) groups excluding carboxylic acids is 2. The lowest BCUT2D eigenvalue weighted by Gasteiger charge is -2.34. The highest BCUT2D eigenvalue weighted by Gasteiger charge is 2.32. The van der Waals surface area contributed by atoms with Crippen LogP contribution in [0, 0.1) is 26.6 Å². The van der Waals surface area contributed by atoms with Gasteiger partial charge in [0.2, 0.25) is 0 Å².